The summed E-state index contributed by atoms with van der Waals surface area (Å²) in [5, 5.41) is 0. The highest BCUT2D eigenvalue weighted by molar-refractivity contribution is 7.89. The Balaban J connectivity index is 2.20. The van der Waals surface area contributed by atoms with E-state index in [-0.39, 0.29) is 11.8 Å². The molecule has 1 fully saturated rings. The quantitative estimate of drug-likeness (QED) is 0.654. The van der Waals surface area contributed by atoms with Crippen LogP contribution in [0.2, 0.25) is 0 Å². The molecule has 0 bridgehead atoms. The molecule has 1 saturated carbocycles. The summed E-state index contributed by atoms with van der Waals surface area (Å²) < 4.78 is 25.4. The molecular weight excluding hydrogens is 200 g/mol. The highest BCUT2D eigenvalue weighted by atomic mass is 32.2. The molecule has 5 heteroatoms. The van der Waals surface area contributed by atoms with Crippen molar-refractivity contribution in [3.8, 4) is 0 Å². The van der Waals surface area contributed by atoms with Crippen molar-refractivity contribution < 1.29 is 8.42 Å². The van der Waals surface area contributed by atoms with Crippen LogP contribution in [0.5, 0.6) is 0 Å². The summed E-state index contributed by atoms with van der Waals surface area (Å²) >= 11 is 0. The zero-order chi connectivity index (χ0) is 10.6. The molecule has 14 heavy (non-hydrogen) atoms. The Bertz CT molecular complexity index is 260. The molecule has 0 radical (unpaired) electrons. The van der Waals surface area contributed by atoms with Crippen LogP contribution in [0.1, 0.15) is 32.6 Å². The molecule has 0 saturated heterocycles. The van der Waals surface area contributed by atoms with Gasteiger partial charge in [0.05, 0.1) is 5.75 Å². The average molecular weight is 220 g/mol. The van der Waals surface area contributed by atoms with Crippen molar-refractivity contribution in [2.24, 2.45) is 11.7 Å². The van der Waals surface area contributed by atoms with Gasteiger partial charge in [-0.3, -0.25) is 0 Å². The second kappa shape index (κ2) is 5.09. The largest absolute Gasteiger partial charge is 0.327 e. The number of sulfonamides is 1. The van der Waals surface area contributed by atoms with Crippen LogP contribution in [0.3, 0.4) is 0 Å². The molecule has 0 heterocycles. The fourth-order valence-corrected chi connectivity index (χ4v) is 2.90. The van der Waals surface area contributed by atoms with E-state index in [9.17, 15) is 8.42 Å². The number of hydrogen-bond donors (Lipinski definition) is 2. The van der Waals surface area contributed by atoms with Gasteiger partial charge in [0.15, 0.2) is 0 Å². The van der Waals surface area contributed by atoms with Crippen LogP contribution in [0, 0.1) is 5.92 Å². The molecule has 84 valence electrons. The van der Waals surface area contributed by atoms with Gasteiger partial charge in [0.2, 0.25) is 10.0 Å². The van der Waals surface area contributed by atoms with Crippen LogP contribution in [0.15, 0.2) is 0 Å². The van der Waals surface area contributed by atoms with Gasteiger partial charge in [-0.05, 0) is 25.2 Å². The number of hydrogen-bond acceptors (Lipinski definition) is 3. The van der Waals surface area contributed by atoms with Gasteiger partial charge in [-0.2, -0.15) is 0 Å². The van der Waals surface area contributed by atoms with Crippen molar-refractivity contribution in [3.63, 3.8) is 0 Å². The molecule has 0 aromatic rings. The molecule has 0 amide bonds. The van der Waals surface area contributed by atoms with E-state index < -0.39 is 10.0 Å². The van der Waals surface area contributed by atoms with Crippen LogP contribution >= 0.6 is 0 Å². The standard InChI is InChI=1S/C9H20N2O2S/c1-2-3-9(10)6-11-14(12,13)7-8-4-5-8/h8-9,11H,2-7,10H2,1H3. The van der Waals surface area contributed by atoms with Gasteiger partial charge in [0, 0.05) is 12.6 Å². The first-order valence-electron chi connectivity index (χ1n) is 5.26. The lowest BCUT2D eigenvalue weighted by Crippen LogP contribution is -2.38. The van der Waals surface area contributed by atoms with Gasteiger partial charge in [-0.25, -0.2) is 13.1 Å². The maximum Gasteiger partial charge on any atom is 0.211 e. The molecule has 3 N–H and O–H groups in total. The summed E-state index contributed by atoms with van der Waals surface area (Å²) in [6.07, 6.45) is 3.97. The highest BCUT2D eigenvalue weighted by Gasteiger charge is 2.27. The molecular formula is C9H20N2O2S. The van der Waals surface area contributed by atoms with Crippen LogP contribution < -0.4 is 10.5 Å². The van der Waals surface area contributed by atoms with E-state index in [0.29, 0.717) is 12.5 Å². The predicted octanol–water partition coefficient (Wildman–Crippen LogP) is 0.443. The van der Waals surface area contributed by atoms with Crippen molar-refractivity contribution in [3.05, 3.63) is 0 Å². The maximum absolute atomic E-state index is 11.4. The zero-order valence-electron chi connectivity index (χ0n) is 8.70. The Kier molecular flexibility index (Phi) is 4.34. The van der Waals surface area contributed by atoms with E-state index >= 15 is 0 Å². The molecule has 1 aliphatic rings. The molecule has 0 spiro atoms. The molecule has 0 aromatic carbocycles. The molecule has 0 aromatic heterocycles. The lowest BCUT2D eigenvalue weighted by molar-refractivity contribution is 0.550. The van der Waals surface area contributed by atoms with Gasteiger partial charge in [-0.15, -0.1) is 0 Å². The van der Waals surface area contributed by atoms with Crippen LogP contribution in [-0.4, -0.2) is 26.8 Å². The normalized spacial score (nSPS) is 19.6. The van der Waals surface area contributed by atoms with E-state index in [2.05, 4.69) is 4.72 Å². The van der Waals surface area contributed by atoms with Gasteiger partial charge >= 0.3 is 0 Å². The third-order valence-electron chi connectivity index (χ3n) is 2.38. The number of nitrogens with one attached hydrogen (secondary N) is 1. The Labute approximate surface area is 86.3 Å². The molecule has 4 nitrogen and oxygen atoms in total. The third kappa shape index (κ3) is 4.93. The van der Waals surface area contributed by atoms with Gasteiger partial charge in [-0.1, -0.05) is 13.3 Å². The fourth-order valence-electron chi connectivity index (χ4n) is 1.36. The fraction of sp³-hybridized carbons (Fsp3) is 1.00. The van der Waals surface area contributed by atoms with E-state index in [0.717, 1.165) is 25.7 Å². The monoisotopic (exact) mass is 220 g/mol. The Morgan fingerprint density at radius 2 is 2.14 bits per heavy atom. The van der Waals surface area contributed by atoms with Gasteiger partial charge in [0.25, 0.3) is 0 Å². The van der Waals surface area contributed by atoms with Crippen molar-refractivity contribution in [1.29, 1.82) is 0 Å². The minimum atomic E-state index is -3.06. The summed E-state index contributed by atoms with van der Waals surface area (Å²) in [6, 6.07) is -0.0472. The van der Waals surface area contributed by atoms with Crippen molar-refractivity contribution >= 4 is 10.0 Å². The Morgan fingerprint density at radius 3 is 2.64 bits per heavy atom. The number of nitrogens with two attached hydrogens (primary N) is 1. The van der Waals surface area contributed by atoms with E-state index in [4.69, 9.17) is 5.73 Å². The first-order valence-corrected chi connectivity index (χ1v) is 6.91. The Hall–Kier alpha value is -0.130. The maximum atomic E-state index is 11.4. The average Bonchev–Trinajstić information content (AvgIpc) is 2.85. The molecule has 1 atom stereocenters. The summed E-state index contributed by atoms with van der Waals surface area (Å²) in [5.41, 5.74) is 5.71. The molecule has 1 unspecified atom stereocenters. The van der Waals surface area contributed by atoms with Gasteiger partial charge < -0.3 is 5.73 Å². The van der Waals surface area contributed by atoms with Crippen molar-refractivity contribution in [2.75, 3.05) is 12.3 Å². The lowest BCUT2D eigenvalue weighted by atomic mass is 10.2. The Morgan fingerprint density at radius 1 is 1.50 bits per heavy atom. The van der Waals surface area contributed by atoms with Crippen LogP contribution in [0.25, 0.3) is 0 Å². The minimum absolute atomic E-state index is 0.0472. The SMILES string of the molecule is CCCC(N)CNS(=O)(=O)CC1CC1. The minimum Gasteiger partial charge on any atom is -0.327 e. The van der Waals surface area contributed by atoms with Crippen molar-refractivity contribution in [1.82, 2.24) is 4.72 Å². The highest BCUT2D eigenvalue weighted by Crippen LogP contribution is 2.29. The first-order chi connectivity index (χ1) is 6.53. The van der Waals surface area contributed by atoms with E-state index in [1.807, 2.05) is 6.92 Å². The van der Waals surface area contributed by atoms with Gasteiger partial charge in [0.1, 0.15) is 0 Å². The molecule has 1 rings (SSSR count). The topological polar surface area (TPSA) is 72.2 Å². The van der Waals surface area contributed by atoms with Crippen LogP contribution in [-0.2, 0) is 10.0 Å². The second-order valence-electron chi connectivity index (χ2n) is 4.12. The number of rotatable bonds is 7. The molecule has 0 aliphatic heterocycles. The summed E-state index contributed by atoms with van der Waals surface area (Å²) in [4.78, 5) is 0. The first kappa shape index (κ1) is 11.9. The van der Waals surface area contributed by atoms with E-state index in [1.165, 1.54) is 0 Å². The zero-order valence-corrected chi connectivity index (χ0v) is 9.52. The second-order valence-corrected chi connectivity index (χ2v) is 5.97. The third-order valence-corrected chi connectivity index (χ3v) is 3.89. The summed E-state index contributed by atoms with van der Waals surface area (Å²) in [5.74, 6) is 0.682. The summed E-state index contributed by atoms with van der Waals surface area (Å²) in [7, 11) is -3.06. The van der Waals surface area contributed by atoms with E-state index in [1.54, 1.807) is 0 Å². The van der Waals surface area contributed by atoms with Crippen molar-refractivity contribution in [2.45, 2.75) is 38.6 Å². The smallest absolute Gasteiger partial charge is 0.211 e. The van der Waals surface area contributed by atoms with Crippen LogP contribution in [0.4, 0.5) is 0 Å². The summed E-state index contributed by atoms with van der Waals surface area (Å²) in [6.45, 7) is 2.42. The predicted molar refractivity (Wildman–Crippen MR) is 57.4 cm³/mol. The lowest BCUT2D eigenvalue weighted by Gasteiger charge is -2.11. The molecule has 1 aliphatic carbocycles.